The van der Waals surface area contributed by atoms with Gasteiger partial charge in [0.15, 0.2) is 17.3 Å². The number of benzene rings is 2. The number of rotatable bonds is 7. The molecule has 0 fully saturated rings. The van der Waals surface area contributed by atoms with Crippen molar-refractivity contribution in [2.24, 2.45) is 0 Å². The van der Waals surface area contributed by atoms with Crippen LogP contribution in [0.2, 0.25) is 0 Å². The van der Waals surface area contributed by atoms with Gasteiger partial charge in [-0.3, -0.25) is 9.69 Å². The maximum absolute atomic E-state index is 13.8. The van der Waals surface area contributed by atoms with Gasteiger partial charge >= 0.3 is 0 Å². The molecule has 2 heterocycles. The Balaban J connectivity index is 1.79. The molecule has 7 heteroatoms. The Morgan fingerprint density at radius 1 is 0.970 bits per heavy atom. The molecule has 4 aromatic rings. The van der Waals surface area contributed by atoms with E-state index < -0.39 is 0 Å². The number of carbonyl (C=O) groups excluding carboxylic acids is 1. The van der Waals surface area contributed by atoms with Gasteiger partial charge in [-0.25, -0.2) is 4.98 Å². The third-order valence-electron chi connectivity index (χ3n) is 5.52. The highest BCUT2D eigenvalue weighted by atomic mass is 16.5. The lowest BCUT2D eigenvalue weighted by Gasteiger charge is -2.22. The van der Waals surface area contributed by atoms with Gasteiger partial charge in [0.1, 0.15) is 11.4 Å². The van der Waals surface area contributed by atoms with Crippen LogP contribution in [0, 0.1) is 13.8 Å². The first kappa shape index (κ1) is 22.2. The highest BCUT2D eigenvalue weighted by molar-refractivity contribution is 6.07. The van der Waals surface area contributed by atoms with Crippen LogP contribution in [-0.4, -0.2) is 32.2 Å². The first-order valence-corrected chi connectivity index (χ1v) is 10.5. The average Bonchev–Trinajstić information content (AvgIpc) is 3.17. The molecular formula is C26H26N2O5. The molecule has 0 aliphatic heterocycles. The summed E-state index contributed by atoms with van der Waals surface area (Å²) in [5.41, 5.74) is 3.36. The summed E-state index contributed by atoms with van der Waals surface area (Å²) in [7, 11) is 4.67. The Kier molecular flexibility index (Phi) is 6.22. The fraction of sp³-hybridized carbons (Fsp3) is 0.231. The number of amides is 1. The maximum Gasteiger partial charge on any atom is 0.295 e. The summed E-state index contributed by atoms with van der Waals surface area (Å²) in [6.45, 7) is 4.13. The number of fused-ring (bicyclic) bond motifs is 1. The second-order valence-corrected chi connectivity index (χ2v) is 7.67. The van der Waals surface area contributed by atoms with E-state index in [4.69, 9.17) is 18.6 Å². The molecule has 0 N–H and O–H groups in total. The number of pyridine rings is 1. The third-order valence-corrected chi connectivity index (χ3v) is 5.52. The molecule has 0 saturated heterocycles. The van der Waals surface area contributed by atoms with Crippen LogP contribution in [0.4, 0.5) is 5.82 Å². The lowest BCUT2D eigenvalue weighted by atomic mass is 10.1. The van der Waals surface area contributed by atoms with E-state index >= 15 is 0 Å². The maximum atomic E-state index is 13.8. The monoisotopic (exact) mass is 446 g/mol. The molecule has 2 aromatic carbocycles. The van der Waals surface area contributed by atoms with Gasteiger partial charge in [-0.05, 0) is 55.8 Å². The van der Waals surface area contributed by atoms with Gasteiger partial charge in [-0.2, -0.15) is 0 Å². The lowest BCUT2D eigenvalue weighted by molar-refractivity contribution is 0.0959. The van der Waals surface area contributed by atoms with Gasteiger partial charge in [0.2, 0.25) is 5.75 Å². The minimum atomic E-state index is -0.284. The van der Waals surface area contributed by atoms with E-state index in [0.717, 1.165) is 22.1 Å². The van der Waals surface area contributed by atoms with Gasteiger partial charge in [-0.15, -0.1) is 0 Å². The number of hydrogen-bond acceptors (Lipinski definition) is 6. The summed E-state index contributed by atoms with van der Waals surface area (Å²) in [4.78, 5) is 19.8. The van der Waals surface area contributed by atoms with Crippen molar-refractivity contribution in [2.75, 3.05) is 26.2 Å². The standard InChI is InChI=1S/C26H26N2O5/c1-16-9-10-20-19(12-16)17(2)24(33-20)26(29)28(23-8-6-7-11-27-23)15-18-13-21(30-3)25(32-5)22(14-18)31-4/h6-14H,15H2,1-5H3. The fourth-order valence-electron chi connectivity index (χ4n) is 3.84. The largest absolute Gasteiger partial charge is 0.493 e. The van der Waals surface area contributed by atoms with Crippen LogP contribution >= 0.6 is 0 Å². The topological polar surface area (TPSA) is 74.0 Å². The number of aromatic nitrogens is 1. The normalized spacial score (nSPS) is 10.8. The summed E-state index contributed by atoms with van der Waals surface area (Å²) in [5, 5.41) is 0.923. The summed E-state index contributed by atoms with van der Waals surface area (Å²) >= 11 is 0. The molecule has 1 amide bonds. The van der Waals surface area contributed by atoms with Crippen molar-refractivity contribution in [2.45, 2.75) is 20.4 Å². The summed E-state index contributed by atoms with van der Waals surface area (Å²) in [6, 6.07) is 14.9. The lowest BCUT2D eigenvalue weighted by Crippen LogP contribution is -2.31. The highest BCUT2D eigenvalue weighted by Crippen LogP contribution is 2.39. The predicted octanol–water partition coefficient (Wildman–Crippen LogP) is 5.32. The number of furan rings is 1. The summed E-state index contributed by atoms with van der Waals surface area (Å²) in [6.07, 6.45) is 1.65. The first-order chi connectivity index (χ1) is 16.0. The van der Waals surface area contributed by atoms with E-state index in [2.05, 4.69) is 4.98 Å². The second-order valence-electron chi connectivity index (χ2n) is 7.67. The van der Waals surface area contributed by atoms with Crippen molar-refractivity contribution < 1.29 is 23.4 Å². The Bertz CT molecular complexity index is 1270. The average molecular weight is 447 g/mol. The number of aryl methyl sites for hydroxylation is 2. The highest BCUT2D eigenvalue weighted by Gasteiger charge is 2.26. The molecule has 0 spiro atoms. The van der Waals surface area contributed by atoms with Crippen LogP contribution in [-0.2, 0) is 6.54 Å². The third kappa shape index (κ3) is 4.22. The van der Waals surface area contributed by atoms with Crippen molar-refractivity contribution >= 4 is 22.7 Å². The molecule has 170 valence electrons. The second kappa shape index (κ2) is 9.24. The van der Waals surface area contributed by atoms with Gasteiger partial charge in [0, 0.05) is 17.1 Å². The molecule has 0 radical (unpaired) electrons. The van der Waals surface area contributed by atoms with Crippen LogP contribution in [0.25, 0.3) is 11.0 Å². The Morgan fingerprint density at radius 3 is 2.30 bits per heavy atom. The zero-order valence-electron chi connectivity index (χ0n) is 19.3. The summed E-state index contributed by atoms with van der Waals surface area (Å²) in [5.74, 6) is 2.02. The summed E-state index contributed by atoms with van der Waals surface area (Å²) < 4.78 is 22.4. The zero-order valence-corrected chi connectivity index (χ0v) is 19.3. The van der Waals surface area contributed by atoms with Crippen molar-refractivity contribution in [3.63, 3.8) is 0 Å². The van der Waals surface area contributed by atoms with Crippen LogP contribution in [0.5, 0.6) is 17.2 Å². The minimum absolute atomic E-state index is 0.224. The smallest absolute Gasteiger partial charge is 0.295 e. The van der Waals surface area contributed by atoms with E-state index in [1.54, 1.807) is 44.6 Å². The molecule has 33 heavy (non-hydrogen) atoms. The van der Waals surface area contributed by atoms with E-state index in [1.807, 2.05) is 50.2 Å². The van der Waals surface area contributed by atoms with Crippen molar-refractivity contribution in [3.8, 4) is 17.2 Å². The predicted molar refractivity (Wildman–Crippen MR) is 127 cm³/mol. The first-order valence-electron chi connectivity index (χ1n) is 10.5. The van der Waals surface area contributed by atoms with E-state index in [1.165, 1.54) is 0 Å². The van der Waals surface area contributed by atoms with Crippen LogP contribution in [0.1, 0.15) is 27.2 Å². The van der Waals surface area contributed by atoms with E-state index in [0.29, 0.717) is 28.6 Å². The number of carbonyl (C=O) groups is 1. The van der Waals surface area contributed by atoms with Crippen LogP contribution < -0.4 is 19.1 Å². The Morgan fingerprint density at radius 2 is 1.70 bits per heavy atom. The molecule has 0 aliphatic rings. The number of methoxy groups -OCH3 is 3. The quantitative estimate of drug-likeness (QED) is 0.383. The molecule has 0 atom stereocenters. The van der Waals surface area contributed by atoms with E-state index in [9.17, 15) is 4.79 Å². The van der Waals surface area contributed by atoms with Gasteiger partial charge < -0.3 is 18.6 Å². The molecule has 2 aromatic heterocycles. The van der Waals surface area contributed by atoms with E-state index in [-0.39, 0.29) is 18.2 Å². The molecule has 0 bridgehead atoms. The number of hydrogen-bond donors (Lipinski definition) is 0. The zero-order chi connectivity index (χ0) is 23.5. The molecule has 0 aliphatic carbocycles. The molecule has 0 saturated carbocycles. The van der Waals surface area contributed by atoms with Crippen molar-refractivity contribution in [3.05, 3.63) is 77.2 Å². The number of anilines is 1. The Hall–Kier alpha value is -4.00. The van der Waals surface area contributed by atoms with Gasteiger partial charge in [0.25, 0.3) is 5.91 Å². The minimum Gasteiger partial charge on any atom is -0.493 e. The van der Waals surface area contributed by atoms with Crippen LogP contribution in [0.15, 0.2) is 59.1 Å². The Labute approximate surface area is 192 Å². The number of nitrogens with zero attached hydrogens (tertiary/aromatic N) is 2. The van der Waals surface area contributed by atoms with Crippen LogP contribution in [0.3, 0.4) is 0 Å². The van der Waals surface area contributed by atoms with Gasteiger partial charge in [-0.1, -0.05) is 17.7 Å². The SMILES string of the molecule is COc1cc(CN(C(=O)c2oc3ccc(C)cc3c2C)c2ccccn2)cc(OC)c1OC. The molecular weight excluding hydrogens is 420 g/mol. The van der Waals surface area contributed by atoms with Crippen molar-refractivity contribution in [1.82, 2.24) is 4.98 Å². The molecule has 7 nitrogen and oxygen atoms in total. The number of ether oxygens (including phenoxy) is 3. The molecule has 0 unspecified atom stereocenters. The van der Waals surface area contributed by atoms with Gasteiger partial charge in [0.05, 0.1) is 27.9 Å². The van der Waals surface area contributed by atoms with Crippen molar-refractivity contribution in [1.29, 1.82) is 0 Å². The fourth-order valence-corrected chi connectivity index (χ4v) is 3.84. The molecule has 4 rings (SSSR count).